The maximum atomic E-state index is 12.1. The van der Waals surface area contributed by atoms with Crippen LogP contribution in [0.1, 0.15) is 64.7 Å². The first-order chi connectivity index (χ1) is 8.29. The van der Waals surface area contributed by atoms with Crippen LogP contribution >= 0.6 is 11.8 Å². The van der Waals surface area contributed by atoms with Gasteiger partial charge in [-0.3, -0.25) is 4.79 Å². The molecule has 0 amide bonds. The first-order valence-electron chi connectivity index (χ1n) is 7.44. The minimum atomic E-state index is 0.409. The van der Waals surface area contributed by atoms with E-state index >= 15 is 0 Å². The van der Waals surface area contributed by atoms with Crippen molar-refractivity contribution in [3.8, 4) is 0 Å². The summed E-state index contributed by atoms with van der Waals surface area (Å²) in [5, 5.41) is 0.797. The number of thioether (sulfide) groups is 1. The van der Waals surface area contributed by atoms with E-state index in [-0.39, 0.29) is 0 Å². The van der Waals surface area contributed by atoms with Gasteiger partial charge in [0.15, 0.2) is 0 Å². The molecule has 98 valence electrons. The van der Waals surface area contributed by atoms with Crippen LogP contribution in [0.3, 0.4) is 0 Å². The number of hydrogen-bond donors (Lipinski definition) is 0. The van der Waals surface area contributed by atoms with Crippen LogP contribution in [0, 0.1) is 11.8 Å². The van der Waals surface area contributed by atoms with E-state index in [0.29, 0.717) is 11.7 Å². The molecule has 2 rings (SSSR count). The van der Waals surface area contributed by atoms with E-state index in [1.54, 1.807) is 0 Å². The van der Waals surface area contributed by atoms with Gasteiger partial charge in [0, 0.05) is 11.2 Å². The lowest BCUT2D eigenvalue weighted by Gasteiger charge is -2.27. The van der Waals surface area contributed by atoms with Crippen LogP contribution in [0.15, 0.2) is 0 Å². The van der Waals surface area contributed by atoms with Crippen LogP contribution in [0.4, 0.5) is 0 Å². The summed E-state index contributed by atoms with van der Waals surface area (Å²) in [6.07, 6.45) is 11.7. The minimum absolute atomic E-state index is 0.409. The van der Waals surface area contributed by atoms with Crippen LogP contribution in [0.5, 0.6) is 0 Å². The van der Waals surface area contributed by atoms with Gasteiger partial charge in [-0.1, -0.05) is 26.2 Å². The quantitative estimate of drug-likeness (QED) is 0.721. The normalized spacial score (nSPS) is 30.6. The Hall–Kier alpha value is 0.0200. The molecule has 2 heteroatoms. The zero-order valence-corrected chi connectivity index (χ0v) is 11.9. The molecule has 2 aliphatic rings. The highest BCUT2D eigenvalue weighted by Gasteiger charge is 2.26. The standard InChI is InChI=1S/C15H26OS/c1-2-12-7-9-13(10-8-12)15(16)11-17-14-5-3-4-6-14/h12-14H,2-11H2,1H3. The maximum absolute atomic E-state index is 12.1. The van der Waals surface area contributed by atoms with Crippen molar-refractivity contribution in [2.75, 3.05) is 5.75 Å². The number of hydrogen-bond acceptors (Lipinski definition) is 2. The summed E-state index contributed by atoms with van der Waals surface area (Å²) >= 11 is 1.94. The van der Waals surface area contributed by atoms with Crippen LogP contribution in [-0.4, -0.2) is 16.8 Å². The molecule has 0 aromatic carbocycles. The maximum Gasteiger partial charge on any atom is 0.145 e. The lowest BCUT2D eigenvalue weighted by atomic mass is 9.79. The fourth-order valence-electron chi connectivity index (χ4n) is 3.27. The lowest BCUT2D eigenvalue weighted by molar-refractivity contribution is -0.121. The number of carbonyl (C=O) groups excluding carboxylic acids is 1. The molecule has 2 saturated carbocycles. The summed E-state index contributed by atoms with van der Waals surface area (Å²) in [4.78, 5) is 12.1. The van der Waals surface area contributed by atoms with Crippen molar-refractivity contribution in [2.24, 2.45) is 11.8 Å². The zero-order valence-electron chi connectivity index (χ0n) is 11.1. The third kappa shape index (κ3) is 4.01. The molecule has 0 atom stereocenters. The fourth-order valence-corrected chi connectivity index (χ4v) is 4.57. The Morgan fingerprint density at radius 3 is 2.29 bits per heavy atom. The van der Waals surface area contributed by atoms with Gasteiger partial charge in [-0.05, 0) is 44.4 Å². The van der Waals surface area contributed by atoms with Crippen molar-refractivity contribution < 1.29 is 4.79 Å². The van der Waals surface area contributed by atoms with Gasteiger partial charge in [-0.15, -0.1) is 0 Å². The van der Waals surface area contributed by atoms with E-state index in [1.165, 1.54) is 57.8 Å². The smallest absolute Gasteiger partial charge is 0.145 e. The minimum Gasteiger partial charge on any atom is -0.298 e. The molecule has 0 aliphatic heterocycles. The van der Waals surface area contributed by atoms with Gasteiger partial charge in [-0.25, -0.2) is 0 Å². The number of Topliss-reactive ketones (excluding diaryl/α,β-unsaturated/α-hetero) is 1. The van der Waals surface area contributed by atoms with Crippen molar-refractivity contribution in [2.45, 2.75) is 70.0 Å². The molecule has 2 fully saturated rings. The van der Waals surface area contributed by atoms with E-state index < -0.39 is 0 Å². The zero-order chi connectivity index (χ0) is 12.1. The number of rotatable bonds is 5. The summed E-state index contributed by atoms with van der Waals surface area (Å²) in [5.41, 5.74) is 0. The van der Waals surface area contributed by atoms with Gasteiger partial charge in [-0.2, -0.15) is 11.8 Å². The largest absolute Gasteiger partial charge is 0.298 e. The highest BCUT2D eigenvalue weighted by atomic mass is 32.2. The van der Waals surface area contributed by atoms with E-state index in [9.17, 15) is 4.79 Å². The van der Waals surface area contributed by atoms with Gasteiger partial charge < -0.3 is 0 Å². The molecule has 0 spiro atoms. The Morgan fingerprint density at radius 1 is 1.06 bits per heavy atom. The summed E-state index contributed by atoms with van der Waals surface area (Å²) in [7, 11) is 0. The average Bonchev–Trinajstić information content (AvgIpc) is 2.89. The summed E-state index contributed by atoms with van der Waals surface area (Å²) < 4.78 is 0. The molecule has 0 unspecified atom stereocenters. The van der Waals surface area contributed by atoms with Crippen LogP contribution in [0.25, 0.3) is 0 Å². The molecular formula is C15H26OS. The van der Waals surface area contributed by atoms with Gasteiger partial charge in [0.05, 0.1) is 5.75 Å². The predicted octanol–water partition coefficient (Wildman–Crippen LogP) is 4.45. The van der Waals surface area contributed by atoms with Gasteiger partial charge in [0.25, 0.3) is 0 Å². The molecule has 2 aliphatic carbocycles. The predicted molar refractivity (Wildman–Crippen MR) is 75.5 cm³/mol. The Morgan fingerprint density at radius 2 is 1.71 bits per heavy atom. The molecule has 0 heterocycles. The Bertz CT molecular complexity index is 237. The monoisotopic (exact) mass is 254 g/mol. The van der Waals surface area contributed by atoms with Crippen molar-refractivity contribution in [1.82, 2.24) is 0 Å². The first kappa shape index (κ1) is 13.5. The topological polar surface area (TPSA) is 17.1 Å². The Labute approximate surface area is 110 Å². The van der Waals surface area contributed by atoms with Crippen molar-refractivity contribution in [3.63, 3.8) is 0 Å². The van der Waals surface area contributed by atoms with E-state index in [0.717, 1.165) is 16.9 Å². The second-order valence-electron chi connectivity index (χ2n) is 5.81. The molecule has 17 heavy (non-hydrogen) atoms. The highest BCUT2D eigenvalue weighted by Crippen LogP contribution is 2.34. The second kappa shape index (κ2) is 6.82. The highest BCUT2D eigenvalue weighted by molar-refractivity contribution is 8.00. The summed E-state index contributed by atoms with van der Waals surface area (Å²) in [6.45, 7) is 2.28. The van der Waals surface area contributed by atoms with Gasteiger partial charge in [0.1, 0.15) is 5.78 Å². The molecule has 0 aromatic rings. The molecular weight excluding hydrogens is 228 g/mol. The van der Waals surface area contributed by atoms with E-state index in [1.807, 2.05) is 11.8 Å². The van der Waals surface area contributed by atoms with Crippen molar-refractivity contribution in [3.05, 3.63) is 0 Å². The third-order valence-corrected chi connectivity index (χ3v) is 6.04. The van der Waals surface area contributed by atoms with Crippen LogP contribution in [-0.2, 0) is 4.79 Å². The third-order valence-electron chi connectivity index (χ3n) is 4.64. The van der Waals surface area contributed by atoms with Crippen molar-refractivity contribution in [1.29, 1.82) is 0 Å². The number of carbonyl (C=O) groups is 1. The Kier molecular flexibility index (Phi) is 5.40. The molecule has 0 N–H and O–H groups in total. The lowest BCUT2D eigenvalue weighted by Crippen LogP contribution is -2.23. The van der Waals surface area contributed by atoms with Crippen molar-refractivity contribution >= 4 is 17.5 Å². The van der Waals surface area contributed by atoms with Gasteiger partial charge in [0.2, 0.25) is 0 Å². The molecule has 1 nitrogen and oxygen atoms in total. The fraction of sp³-hybridized carbons (Fsp3) is 0.933. The van der Waals surface area contributed by atoms with Crippen LogP contribution in [0.2, 0.25) is 0 Å². The molecule has 0 aromatic heterocycles. The average molecular weight is 254 g/mol. The van der Waals surface area contributed by atoms with Gasteiger partial charge >= 0.3 is 0 Å². The number of ketones is 1. The molecule has 0 radical (unpaired) electrons. The van der Waals surface area contributed by atoms with E-state index in [2.05, 4.69) is 6.92 Å². The molecule has 0 saturated heterocycles. The molecule has 0 bridgehead atoms. The van der Waals surface area contributed by atoms with E-state index in [4.69, 9.17) is 0 Å². The van der Waals surface area contributed by atoms with Crippen LogP contribution < -0.4 is 0 Å². The first-order valence-corrected chi connectivity index (χ1v) is 8.48. The SMILES string of the molecule is CCC1CCC(C(=O)CSC2CCCC2)CC1. The summed E-state index contributed by atoms with van der Waals surface area (Å²) in [5.74, 6) is 2.66. The Balaban J connectivity index is 1.66. The summed E-state index contributed by atoms with van der Waals surface area (Å²) in [6, 6.07) is 0. The second-order valence-corrected chi connectivity index (χ2v) is 7.10.